The molecule has 0 aliphatic carbocycles. The molecular formula is C13H16BrClFN. The maximum Gasteiger partial charge on any atom is 0.124 e. The Bertz CT molecular complexity index is 378. The first-order chi connectivity index (χ1) is 8.19. The third-order valence-corrected chi connectivity index (χ3v) is 4.60. The summed E-state index contributed by atoms with van der Waals surface area (Å²) in [7, 11) is 0. The molecule has 0 amide bonds. The number of nitrogens with zero attached hydrogens (tertiary/aromatic N) is 1. The number of alkyl halides is 1. The minimum absolute atomic E-state index is 0.267. The topological polar surface area (TPSA) is 3.24 Å². The molecule has 4 heteroatoms. The van der Waals surface area contributed by atoms with Gasteiger partial charge in [-0.2, -0.15) is 0 Å². The quantitative estimate of drug-likeness (QED) is 0.758. The lowest BCUT2D eigenvalue weighted by atomic mass is 9.99. The molecule has 1 aliphatic rings. The van der Waals surface area contributed by atoms with Gasteiger partial charge in [0.05, 0.1) is 0 Å². The third-order valence-electron chi connectivity index (χ3n) is 3.33. The van der Waals surface area contributed by atoms with Gasteiger partial charge in [0.1, 0.15) is 5.82 Å². The lowest BCUT2D eigenvalue weighted by Gasteiger charge is -2.31. The summed E-state index contributed by atoms with van der Waals surface area (Å²) in [6, 6.07) is 4.66. The van der Waals surface area contributed by atoms with Crippen molar-refractivity contribution >= 4 is 27.5 Å². The summed E-state index contributed by atoms with van der Waals surface area (Å²) in [6.07, 6.45) is 2.45. The number of benzene rings is 1. The van der Waals surface area contributed by atoms with Crippen molar-refractivity contribution in [1.82, 2.24) is 4.90 Å². The van der Waals surface area contributed by atoms with Crippen LogP contribution in [0.4, 0.5) is 4.39 Å². The highest BCUT2D eigenvalue weighted by molar-refractivity contribution is 9.09. The van der Waals surface area contributed by atoms with E-state index in [0.717, 1.165) is 36.4 Å². The molecule has 0 unspecified atom stereocenters. The first-order valence-corrected chi connectivity index (χ1v) is 7.41. The van der Waals surface area contributed by atoms with Crippen molar-refractivity contribution < 1.29 is 4.39 Å². The van der Waals surface area contributed by atoms with E-state index in [1.807, 2.05) is 0 Å². The standard InChI is InChI=1S/C13H16BrClFN/c14-8-10-3-5-17(6-4-10)9-11-1-2-12(16)7-13(11)15/h1-2,7,10H,3-6,8-9H2. The van der Waals surface area contributed by atoms with E-state index in [-0.39, 0.29) is 5.82 Å². The smallest absolute Gasteiger partial charge is 0.124 e. The van der Waals surface area contributed by atoms with Crippen molar-refractivity contribution in [3.8, 4) is 0 Å². The third kappa shape index (κ3) is 3.67. The Morgan fingerprint density at radius 3 is 2.65 bits per heavy atom. The number of piperidine rings is 1. The summed E-state index contributed by atoms with van der Waals surface area (Å²) >= 11 is 9.57. The minimum Gasteiger partial charge on any atom is -0.299 e. The minimum atomic E-state index is -0.267. The molecule has 0 saturated carbocycles. The molecule has 0 spiro atoms. The van der Waals surface area contributed by atoms with Crippen molar-refractivity contribution in [3.63, 3.8) is 0 Å². The average molecular weight is 321 g/mol. The summed E-state index contributed by atoms with van der Waals surface area (Å²) < 4.78 is 12.9. The lowest BCUT2D eigenvalue weighted by molar-refractivity contribution is 0.187. The van der Waals surface area contributed by atoms with Gasteiger partial charge in [-0.25, -0.2) is 4.39 Å². The Balaban J connectivity index is 1.93. The number of rotatable bonds is 3. The molecule has 0 bridgehead atoms. The molecule has 1 heterocycles. The zero-order valence-corrected chi connectivity index (χ0v) is 12.0. The van der Waals surface area contributed by atoms with E-state index >= 15 is 0 Å². The van der Waals surface area contributed by atoms with Crippen LogP contribution in [0.2, 0.25) is 5.02 Å². The summed E-state index contributed by atoms with van der Waals surface area (Å²) in [5.41, 5.74) is 1.02. The van der Waals surface area contributed by atoms with E-state index in [2.05, 4.69) is 20.8 Å². The Morgan fingerprint density at radius 1 is 1.35 bits per heavy atom. The SMILES string of the molecule is Fc1ccc(CN2CCC(CBr)CC2)c(Cl)c1. The van der Waals surface area contributed by atoms with E-state index in [0.29, 0.717) is 5.02 Å². The first-order valence-electron chi connectivity index (χ1n) is 5.91. The number of hydrogen-bond acceptors (Lipinski definition) is 1. The molecule has 1 aromatic carbocycles. The number of likely N-dealkylation sites (tertiary alicyclic amines) is 1. The largest absolute Gasteiger partial charge is 0.299 e. The molecule has 1 aromatic rings. The summed E-state index contributed by atoms with van der Waals surface area (Å²) in [5, 5.41) is 1.63. The van der Waals surface area contributed by atoms with E-state index in [1.165, 1.54) is 25.0 Å². The Labute approximate surface area is 115 Å². The van der Waals surface area contributed by atoms with Crippen LogP contribution in [0, 0.1) is 11.7 Å². The molecule has 0 radical (unpaired) electrons. The van der Waals surface area contributed by atoms with Gasteiger partial charge in [0.15, 0.2) is 0 Å². The highest BCUT2D eigenvalue weighted by Gasteiger charge is 2.18. The maximum atomic E-state index is 12.9. The van der Waals surface area contributed by atoms with Gasteiger partial charge in [0.2, 0.25) is 0 Å². The van der Waals surface area contributed by atoms with Gasteiger partial charge in [-0.1, -0.05) is 33.6 Å². The van der Waals surface area contributed by atoms with Crippen LogP contribution in [0.25, 0.3) is 0 Å². The molecule has 1 saturated heterocycles. The predicted molar refractivity (Wildman–Crippen MR) is 73.2 cm³/mol. The summed E-state index contributed by atoms with van der Waals surface area (Å²) in [4.78, 5) is 2.39. The fourth-order valence-electron chi connectivity index (χ4n) is 2.19. The maximum absolute atomic E-state index is 12.9. The highest BCUT2D eigenvalue weighted by atomic mass is 79.9. The summed E-state index contributed by atoms with van der Waals surface area (Å²) in [6.45, 7) is 3.03. The van der Waals surface area contributed by atoms with Gasteiger partial charge in [0.25, 0.3) is 0 Å². The molecule has 0 aromatic heterocycles. The van der Waals surface area contributed by atoms with Gasteiger partial charge >= 0.3 is 0 Å². The molecule has 17 heavy (non-hydrogen) atoms. The normalized spacial score (nSPS) is 18.5. The van der Waals surface area contributed by atoms with Gasteiger partial charge in [-0.05, 0) is 49.5 Å². The summed E-state index contributed by atoms with van der Waals surface area (Å²) in [5.74, 6) is 0.534. The fraction of sp³-hybridized carbons (Fsp3) is 0.538. The zero-order chi connectivity index (χ0) is 12.3. The molecule has 1 fully saturated rings. The van der Waals surface area contributed by atoms with Crippen LogP contribution in [0.1, 0.15) is 18.4 Å². The second-order valence-electron chi connectivity index (χ2n) is 4.61. The monoisotopic (exact) mass is 319 g/mol. The highest BCUT2D eigenvalue weighted by Crippen LogP contribution is 2.23. The number of hydrogen-bond donors (Lipinski definition) is 0. The Kier molecular flexibility index (Phi) is 4.83. The van der Waals surface area contributed by atoms with Gasteiger partial charge < -0.3 is 0 Å². The van der Waals surface area contributed by atoms with Crippen molar-refractivity contribution in [2.75, 3.05) is 18.4 Å². The van der Waals surface area contributed by atoms with Crippen LogP contribution in [0.5, 0.6) is 0 Å². The van der Waals surface area contributed by atoms with Crippen LogP contribution >= 0.6 is 27.5 Å². The van der Waals surface area contributed by atoms with Crippen LogP contribution in [0.3, 0.4) is 0 Å². The molecule has 1 nitrogen and oxygen atoms in total. The van der Waals surface area contributed by atoms with Crippen molar-refractivity contribution in [2.24, 2.45) is 5.92 Å². The van der Waals surface area contributed by atoms with E-state index < -0.39 is 0 Å². The van der Waals surface area contributed by atoms with Crippen molar-refractivity contribution in [1.29, 1.82) is 0 Å². The van der Waals surface area contributed by atoms with Crippen molar-refractivity contribution in [3.05, 3.63) is 34.6 Å². The fourth-order valence-corrected chi connectivity index (χ4v) is 3.06. The van der Waals surface area contributed by atoms with Gasteiger partial charge in [-0.3, -0.25) is 4.90 Å². The van der Waals surface area contributed by atoms with Crippen LogP contribution in [0.15, 0.2) is 18.2 Å². The number of halogens is 3. The van der Waals surface area contributed by atoms with Crippen LogP contribution < -0.4 is 0 Å². The van der Waals surface area contributed by atoms with E-state index in [9.17, 15) is 4.39 Å². The zero-order valence-electron chi connectivity index (χ0n) is 9.63. The molecule has 1 aliphatic heterocycles. The second-order valence-corrected chi connectivity index (χ2v) is 5.66. The molecular weight excluding hydrogens is 305 g/mol. The van der Waals surface area contributed by atoms with E-state index in [1.54, 1.807) is 6.07 Å². The lowest BCUT2D eigenvalue weighted by Crippen LogP contribution is -2.33. The second kappa shape index (κ2) is 6.17. The van der Waals surface area contributed by atoms with Gasteiger partial charge in [-0.15, -0.1) is 0 Å². The van der Waals surface area contributed by atoms with Crippen molar-refractivity contribution in [2.45, 2.75) is 19.4 Å². The molecule has 0 N–H and O–H groups in total. The van der Waals surface area contributed by atoms with Crippen LogP contribution in [-0.4, -0.2) is 23.3 Å². The molecule has 2 rings (SSSR count). The first kappa shape index (κ1) is 13.3. The Morgan fingerprint density at radius 2 is 2.06 bits per heavy atom. The van der Waals surface area contributed by atoms with Gasteiger partial charge in [0, 0.05) is 16.9 Å². The molecule has 0 atom stereocenters. The Hall–Kier alpha value is -0.120. The van der Waals surface area contributed by atoms with E-state index in [4.69, 9.17) is 11.6 Å². The van der Waals surface area contributed by atoms with Crippen LogP contribution in [-0.2, 0) is 6.54 Å². The molecule has 94 valence electrons. The average Bonchev–Trinajstić information content (AvgIpc) is 2.34. The predicted octanol–water partition coefficient (Wildman–Crippen LogP) is 4.09.